The van der Waals surface area contributed by atoms with Crippen molar-refractivity contribution in [1.82, 2.24) is 4.90 Å². The summed E-state index contributed by atoms with van der Waals surface area (Å²) in [6.45, 7) is 1.25. The van der Waals surface area contributed by atoms with Gasteiger partial charge in [-0.2, -0.15) is 0 Å². The zero-order valence-electron chi connectivity index (χ0n) is 9.77. The molecule has 0 radical (unpaired) electrons. The zero-order chi connectivity index (χ0) is 13.1. The average molecular weight is 313 g/mol. The van der Waals surface area contributed by atoms with Crippen LogP contribution in [0.2, 0.25) is 0 Å². The number of hydrogen-bond acceptors (Lipinski definition) is 2. The number of likely N-dealkylation sites (tertiary alicyclic amines) is 1. The van der Waals surface area contributed by atoms with E-state index in [0.29, 0.717) is 18.7 Å². The Bertz CT molecular complexity index is 490. The molecule has 1 heterocycles. The quantitative estimate of drug-likeness (QED) is 0.851. The molecular formula is C13H14BrFN2O. The van der Waals surface area contributed by atoms with Gasteiger partial charge >= 0.3 is 0 Å². The minimum atomic E-state index is -0.347. The lowest BCUT2D eigenvalue weighted by Crippen LogP contribution is -2.30. The van der Waals surface area contributed by atoms with E-state index >= 15 is 0 Å². The molecule has 1 amide bonds. The van der Waals surface area contributed by atoms with Crippen LogP contribution in [-0.2, 0) is 4.79 Å². The lowest BCUT2D eigenvalue weighted by Gasteiger charge is -2.12. The van der Waals surface area contributed by atoms with Crippen molar-refractivity contribution in [2.45, 2.75) is 12.5 Å². The molecule has 96 valence electrons. The number of carbonyl (C=O) groups excluding carboxylic acids is 1. The molecule has 1 aliphatic heterocycles. The summed E-state index contributed by atoms with van der Waals surface area (Å²) in [6, 6.07) is 4.67. The van der Waals surface area contributed by atoms with Gasteiger partial charge in [0.2, 0.25) is 5.91 Å². The van der Waals surface area contributed by atoms with Crippen molar-refractivity contribution in [1.29, 1.82) is 0 Å². The Balaban J connectivity index is 2.06. The Kier molecular flexibility index (Phi) is 4.14. The van der Waals surface area contributed by atoms with Crippen molar-refractivity contribution in [2.24, 2.45) is 5.73 Å². The molecule has 0 spiro atoms. The molecule has 18 heavy (non-hydrogen) atoms. The molecule has 1 aromatic carbocycles. The van der Waals surface area contributed by atoms with Gasteiger partial charge in [0.1, 0.15) is 5.82 Å². The van der Waals surface area contributed by atoms with Crippen molar-refractivity contribution in [3.63, 3.8) is 0 Å². The fraction of sp³-hybridized carbons (Fsp3) is 0.308. The highest BCUT2D eigenvalue weighted by Gasteiger charge is 2.21. The van der Waals surface area contributed by atoms with E-state index in [1.165, 1.54) is 18.2 Å². The van der Waals surface area contributed by atoms with Gasteiger partial charge in [-0.05, 0) is 30.7 Å². The van der Waals surface area contributed by atoms with Crippen molar-refractivity contribution in [3.05, 3.63) is 40.1 Å². The maximum absolute atomic E-state index is 13.4. The molecule has 3 nitrogen and oxygen atoms in total. The Morgan fingerprint density at radius 2 is 2.33 bits per heavy atom. The van der Waals surface area contributed by atoms with E-state index in [2.05, 4.69) is 15.9 Å². The highest BCUT2D eigenvalue weighted by molar-refractivity contribution is 9.10. The number of amides is 1. The summed E-state index contributed by atoms with van der Waals surface area (Å²) < 4.78 is 14.2. The molecule has 0 unspecified atom stereocenters. The van der Waals surface area contributed by atoms with Gasteiger partial charge in [-0.1, -0.05) is 15.9 Å². The minimum Gasteiger partial charge on any atom is -0.338 e. The minimum absolute atomic E-state index is 0.0601. The van der Waals surface area contributed by atoms with E-state index in [-0.39, 0.29) is 17.8 Å². The van der Waals surface area contributed by atoms with E-state index < -0.39 is 0 Å². The van der Waals surface area contributed by atoms with Gasteiger partial charge in [-0.15, -0.1) is 0 Å². The topological polar surface area (TPSA) is 46.3 Å². The second kappa shape index (κ2) is 5.63. The first-order chi connectivity index (χ1) is 8.56. The van der Waals surface area contributed by atoms with Gasteiger partial charge < -0.3 is 10.6 Å². The predicted octanol–water partition coefficient (Wildman–Crippen LogP) is 2.16. The number of carbonyl (C=O) groups is 1. The van der Waals surface area contributed by atoms with Crippen molar-refractivity contribution < 1.29 is 9.18 Å². The summed E-state index contributed by atoms with van der Waals surface area (Å²) in [5.41, 5.74) is 6.12. The van der Waals surface area contributed by atoms with Gasteiger partial charge in [0, 0.05) is 35.2 Å². The van der Waals surface area contributed by atoms with Gasteiger partial charge in [0.05, 0.1) is 0 Å². The molecule has 1 atom stereocenters. The van der Waals surface area contributed by atoms with Crippen LogP contribution in [0, 0.1) is 5.82 Å². The number of rotatable bonds is 2. The average Bonchev–Trinajstić information content (AvgIpc) is 2.77. The summed E-state index contributed by atoms with van der Waals surface area (Å²) in [5, 5.41) is 0. The molecule has 1 fully saturated rings. The number of benzene rings is 1. The molecule has 1 aliphatic rings. The summed E-state index contributed by atoms with van der Waals surface area (Å²) in [5.74, 6) is -0.470. The first-order valence-electron chi connectivity index (χ1n) is 5.74. The largest absolute Gasteiger partial charge is 0.338 e. The van der Waals surface area contributed by atoms with Crippen LogP contribution in [0.15, 0.2) is 28.7 Å². The van der Waals surface area contributed by atoms with E-state index in [1.54, 1.807) is 17.0 Å². The zero-order valence-corrected chi connectivity index (χ0v) is 11.4. The van der Waals surface area contributed by atoms with Gasteiger partial charge in [-0.3, -0.25) is 4.79 Å². The molecule has 5 heteroatoms. The first kappa shape index (κ1) is 13.2. The van der Waals surface area contributed by atoms with Crippen LogP contribution in [0.4, 0.5) is 4.39 Å². The summed E-state index contributed by atoms with van der Waals surface area (Å²) in [6.07, 6.45) is 3.71. The lowest BCUT2D eigenvalue weighted by molar-refractivity contribution is -0.124. The summed E-state index contributed by atoms with van der Waals surface area (Å²) in [4.78, 5) is 13.5. The molecule has 0 aliphatic carbocycles. The summed E-state index contributed by atoms with van der Waals surface area (Å²) in [7, 11) is 0. The van der Waals surface area contributed by atoms with E-state index in [1.807, 2.05) is 0 Å². The number of halogens is 2. The maximum atomic E-state index is 13.4. The second-order valence-corrected chi connectivity index (χ2v) is 5.25. The highest BCUT2D eigenvalue weighted by Crippen LogP contribution is 2.17. The molecule has 2 N–H and O–H groups in total. The molecule has 0 aromatic heterocycles. The van der Waals surface area contributed by atoms with Crippen LogP contribution in [0.3, 0.4) is 0 Å². The van der Waals surface area contributed by atoms with Crippen LogP contribution in [-0.4, -0.2) is 29.9 Å². The molecule has 1 aromatic rings. The molecule has 1 saturated heterocycles. The van der Waals surface area contributed by atoms with Crippen molar-refractivity contribution in [3.8, 4) is 0 Å². The van der Waals surface area contributed by atoms with Crippen LogP contribution >= 0.6 is 15.9 Å². The van der Waals surface area contributed by atoms with Crippen LogP contribution in [0.25, 0.3) is 6.08 Å². The SMILES string of the molecule is N[C@@H]1CCN(C(=O)/C=C/c2cc(Br)ccc2F)C1. The van der Waals surface area contributed by atoms with Gasteiger partial charge in [0.15, 0.2) is 0 Å². The maximum Gasteiger partial charge on any atom is 0.246 e. The van der Waals surface area contributed by atoms with Crippen LogP contribution in [0.1, 0.15) is 12.0 Å². The fourth-order valence-electron chi connectivity index (χ4n) is 1.90. The van der Waals surface area contributed by atoms with Crippen molar-refractivity contribution in [2.75, 3.05) is 13.1 Å². The van der Waals surface area contributed by atoms with Gasteiger partial charge in [0.25, 0.3) is 0 Å². The Morgan fingerprint density at radius 3 is 3.00 bits per heavy atom. The first-order valence-corrected chi connectivity index (χ1v) is 6.53. The number of hydrogen-bond donors (Lipinski definition) is 1. The second-order valence-electron chi connectivity index (χ2n) is 4.33. The summed E-state index contributed by atoms with van der Waals surface area (Å²) >= 11 is 3.27. The lowest BCUT2D eigenvalue weighted by atomic mass is 10.2. The number of nitrogens with two attached hydrogens (primary N) is 1. The van der Waals surface area contributed by atoms with E-state index in [9.17, 15) is 9.18 Å². The van der Waals surface area contributed by atoms with Crippen LogP contribution < -0.4 is 5.73 Å². The predicted molar refractivity (Wildman–Crippen MR) is 72.3 cm³/mol. The van der Waals surface area contributed by atoms with Crippen molar-refractivity contribution >= 4 is 27.9 Å². The molecular weight excluding hydrogens is 299 g/mol. The standard InChI is InChI=1S/C13H14BrFN2O/c14-10-2-3-12(15)9(7-10)1-4-13(18)17-6-5-11(16)8-17/h1-4,7,11H,5-6,8,16H2/b4-1+/t11-/m1/s1. The Morgan fingerprint density at radius 1 is 1.56 bits per heavy atom. The third-order valence-corrected chi connectivity index (χ3v) is 3.39. The molecule has 0 saturated carbocycles. The molecule has 0 bridgehead atoms. The van der Waals surface area contributed by atoms with E-state index in [0.717, 1.165) is 10.9 Å². The monoisotopic (exact) mass is 312 g/mol. The van der Waals surface area contributed by atoms with Crippen LogP contribution in [0.5, 0.6) is 0 Å². The highest BCUT2D eigenvalue weighted by atomic mass is 79.9. The number of nitrogens with zero attached hydrogens (tertiary/aromatic N) is 1. The molecule has 2 rings (SSSR count). The smallest absolute Gasteiger partial charge is 0.246 e. The Hall–Kier alpha value is -1.20. The van der Waals surface area contributed by atoms with E-state index in [4.69, 9.17) is 5.73 Å². The van der Waals surface area contributed by atoms with Gasteiger partial charge in [-0.25, -0.2) is 4.39 Å². The third kappa shape index (κ3) is 3.17. The normalized spacial score (nSPS) is 19.7. The fourth-order valence-corrected chi connectivity index (χ4v) is 2.28. The third-order valence-electron chi connectivity index (χ3n) is 2.90. The Labute approximate surface area is 114 Å².